The van der Waals surface area contributed by atoms with Crippen LogP contribution in [0.25, 0.3) is 0 Å². The minimum Gasteiger partial charge on any atom is -0.497 e. The molecule has 2 unspecified atom stereocenters. The van der Waals surface area contributed by atoms with Gasteiger partial charge in [-0.05, 0) is 25.0 Å². The van der Waals surface area contributed by atoms with Gasteiger partial charge >= 0.3 is 0 Å². The van der Waals surface area contributed by atoms with E-state index in [4.69, 9.17) is 15.2 Å². The van der Waals surface area contributed by atoms with Gasteiger partial charge in [0.25, 0.3) is 0 Å². The van der Waals surface area contributed by atoms with Crippen molar-refractivity contribution in [3.63, 3.8) is 0 Å². The van der Waals surface area contributed by atoms with Crippen molar-refractivity contribution in [2.45, 2.75) is 45.3 Å². The first-order valence-corrected chi connectivity index (χ1v) is 6.72. The van der Waals surface area contributed by atoms with Crippen LogP contribution in [0.15, 0.2) is 24.3 Å². The molecule has 0 radical (unpaired) electrons. The Balaban J connectivity index is 2.10. The highest BCUT2D eigenvalue weighted by atomic mass is 16.5. The summed E-state index contributed by atoms with van der Waals surface area (Å²) in [5, 5.41) is 0. The van der Waals surface area contributed by atoms with Crippen molar-refractivity contribution in [3.05, 3.63) is 24.3 Å². The first kappa shape index (κ1) is 13.2. The zero-order valence-corrected chi connectivity index (χ0v) is 11.5. The molecule has 2 rings (SSSR count). The molecule has 1 aliphatic carbocycles. The summed E-state index contributed by atoms with van der Waals surface area (Å²) in [6.45, 7) is 4.40. The summed E-state index contributed by atoms with van der Waals surface area (Å²) >= 11 is 0. The van der Waals surface area contributed by atoms with Gasteiger partial charge in [0, 0.05) is 23.9 Å². The van der Waals surface area contributed by atoms with Gasteiger partial charge in [-0.1, -0.05) is 19.9 Å². The Morgan fingerprint density at radius 2 is 1.94 bits per heavy atom. The number of hydrogen-bond acceptors (Lipinski definition) is 3. The molecule has 0 spiro atoms. The molecule has 2 atom stereocenters. The third kappa shape index (κ3) is 2.07. The molecule has 0 aromatic heterocycles. The maximum atomic E-state index is 6.17. The van der Waals surface area contributed by atoms with Gasteiger partial charge in [-0.3, -0.25) is 0 Å². The fourth-order valence-corrected chi connectivity index (χ4v) is 3.01. The van der Waals surface area contributed by atoms with Crippen LogP contribution >= 0.6 is 0 Å². The van der Waals surface area contributed by atoms with Crippen molar-refractivity contribution in [2.75, 3.05) is 7.11 Å². The first-order valence-electron chi connectivity index (χ1n) is 6.72. The van der Waals surface area contributed by atoms with E-state index in [2.05, 4.69) is 13.8 Å². The fraction of sp³-hybridized carbons (Fsp3) is 0.600. The lowest BCUT2D eigenvalue weighted by atomic mass is 9.59. The largest absolute Gasteiger partial charge is 0.497 e. The number of hydrogen-bond donors (Lipinski definition) is 1. The van der Waals surface area contributed by atoms with Gasteiger partial charge in [-0.25, -0.2) is 0 Å². The molecule has 1 aromatic carbocycles. The minimum absolute atomic E-state index is 0.142. The van der Waals surface area contributed by atoms with Gasteiger partial charge in [0.05, 0.1) is 7.11 Å². The number of nitrogens with two attached hydrogens (primary N) is 1. The molecule has 3 nitrogen and oxygen atoms in total. The summed E-state index contributed by atoms with van der Waals surface area (Å²) in [6.07, 6.45) is 3.31. The van der Waals surface area contributed by atoms with Crippen LogP contribution in [-0.4, -0.2) is 19.3 Å². The van der Waals surface area contributed by atoms with Crippen LogP contribution in [0.5, 0.6) is 11.5 Å². The Morgan fingerprint density at radius 3 is 2.50 bits per heavy atom. The van der Waals surface area contributed by atoms with E-state index in [0.29, 0.717) is 0 Å². The van der Waals surface area contributed by atoms with Gasteiger partial charge in [0.15, 0.2) is 0 Å². The van der Waals surface area contributed by atoms with Crippen LogP contribution in [0, 0.1) is 5.41 Å². The van der Waals surface area contributed by atoms with E-state index in [1.54, 1.807) is 7.11 Å². The zero-order chi connectivity index (χ0) is 13.2. The Morgan fingerprint density at radius 1 is 1.28 bits per heavy atom. The molecule has 1 aliphatic rings. The second kappa shape index (κ2) is 5.19. The van der Waals surface area contributed by atoms with Crippen LogP contribution < -0.4 is 15.2 Å². The molecule has 2 N–H and O–H groups in total. The van der Waals surface area contributed by atoms with Gasteiger partial charge < -0.3 is 15.2 Å². The normalized spacial score (nSPS) is 25.3. The van der Waals surface area contributed by atoms with Crippen molar-refractivity contribution in [1.82, 2.24) is 0 Å². The lowest BCUT2D eigenvalue weighted by Gasteiger charge is -2.53. The van der Waals surface area contributed by atoms with Gasteiger partial charge in [0.1, 0.15) is 17.6 Å². The summed E-state index contributed by atoms with van der Waals surface area (Å²) in [5.41, 5.74) is 6.32. The van der Waals surface area contributed by atoms with Crippen LogP contribution in [0.3, 0.4) is 0 Å². The molecular weight excluding hydrogens is 226 g/mol. The maximum Gasteiger partial charge on any atom is 0.123 e. The Bertz CT molecular complexity index is 401. The number of methoxy groups -OCH3 is 1. The topological polar surface area (TPSA) is 44.5 Å². The standard InChI is InChI=1S/C15H23NO2/c1-4-15(5-2)13(16)10-14(15)18-12-8-6-7-11(9-12)17-3/h6-9,13-14H,4-5,10,16H2,1-3H3. The number of rotatable bonds is 5. The Labute approximate surface area is 109 Å². The first-order chi connectivity index (χ1) is 8.66. The molecule has 3 heteroatoms. The van der Waals surface area contributed by atoms with E-state index in [0.717, 1.165) is 30.8 Å². The average Bonchev–Trinajstić information content (AvgIpc) is 2.40. The third-order valence-corrected chi connectivity index (χ3v) is 4.48. The van der Waals surface area contributed by atoms with E-state index in [-0.39, 0.29) is 17.6 Å². The number of benzene rings is 1. The highest BCUT2D eigenvalue weighted by Crippen LogP contribution is 2.47. The summed E-state index contributed by atoms with van der Waals surface area (Å²) in [5.74, 6) is 1.70. The molecule has 0 saturated heterocycles. The molecular formula is C15H23NO2. The smallest absolute Gasteiger partial charge is 0.123 e. The van der Waals surface area contributed by atoms with Crippen molar-refractivity contribution >= 4 is 0 Å². The van der Waals surface area contributed by atoms with E-state index in [9.17, 15) is 0 Å². The van der Waals surface area contributed by atoms with Crippen molar-refractivity contribution in [1.29, 1.82) is 0 Å². The molecule has 0 aliphatic heterocycles. The van der Waals surface area contributed by atoms with Crippen molar-refractivity contribution < 1.29 is 9.47 Å². The molecule has 1 saturated carbocycles. The van der Waals surface area contributed by atoms with Gasteiger partial charge in [0.2, 0.25) is 0 Å². The van der Waals surface area contributed by atoms with Crippen molar-refractivity contribution in [3.8, 4) is 11.5 Å². The molecule has 1 aromatic rings. The van der Waals surface area contributed by atoms with E-state index in [1.165, 1.54) is 0 Å². The molecule has 0 amide bonds. The SMILES string of the molecule is CCC1(CC)C(N)CC1Oc1cccc(OC)c1. The lowest BCUT2D eigenvalue weighted by Crippen LogP contribution is -2.62. The van der Waals surface area contributed by atoms with Gasteiger partial charge in [-0.15, -0.1) is 0 Å². The zero-order valence-electron chi connectivity index (χ0n) is 11.5. The summed E-state index contributed by atoms with van der Waals surface area (Å²) in [7, 11) is 1.67. The summed E-state index contributed by atoms with van der Waals surface area (Å²) < 4.78 is 11.3. The molecule has 0 heterocycles. The minimum atomic E-state index is 0.142. The third-order valence-electron chi connectivity index (χ3n) is 4.48. The highest BCUT2D eigenvalue weighted by Gasteiger charge is 2.52. The fourth-order valence-electron chi connectivity index (χ4n) is 3.01. The van der Waals surface area contributed by atoms with Crippen LogP contribution in [0.1, 0.15) is 33.1 Å². The van der Waals surface area contributed by atoms with Gasteiger partial charge in [-0.2, -0.15) is 0 Å². The van der Waals surface area contributed by atoms with E-state index in [1.807, 2.05) is 24.3 Å². The molecule has 1 fully saturated rings. The van der Waals surface area contributed by atoms with Crippen LogP contribution in [0.4, 0.5) is 0 Å². The lowest BCUT2D eigenvalue weighted by molar-refractivity contribution is -0.0723. The Kier molecular flexibility index (Phi) is 3.81. The number of ether oxygens (including phenoxy) is 2. The summed E-state index contributed by atoms with van der Waals surface area (Å²) in [4.78, 5) is 0. The molecule has 0 bridgehead atoms. The predicted molar refractivity (Wildman–Crippen MR) is 73.0 cm³/mol. The monoisotopic (exact) mass is 249 g/mol. The second-order valence-electron chi connectivity index (χ2n) is 5.07. The Hall–Kier alpha value is -1.22. The van der Waals surface area contributed by atoms with Crippen molar-refractivity contribution in [2.24, 2.45) is 11.1 Å². The molecule has 100 valence electrons. The quantitative estimate of drug-likeness (QED) is 0.872. The van der Waals surface area contributed by atoms with Crippen LogP contribution in [0.2, 0.25) is 0 Å². The predicted octanol–water partition coefficient (Wildman–Crippen LogP) is 2.98. The maximum absolute atomic E-state index is 6.17. The second-order valence-corrected chi connectivity index (χ2v) is 5.07. The highest BCUT2D eigenvalue weighted by molar-refractivity contribution is 5.33. The summed E-state index contributed by atoms with van der Waals surface area (Å²) in [6, 6.07) is 8.05. The van der Waals surface area contributed by atoms with Crippen LogP contribution in [-0.2, 0) is 0 Å². The molecule has 18 heavy (non-hydrogen) atoms. The average molecular weight is 249 g/mol. The van der Waals surface area contributed by atoms with E-state index >= 15 is 0 Å². The van der Waals surface area contributed by atoms with E-state index < -0.39 is 0 Å².